The maximum absolute atomic E-state index is 5.82. The predicted octanol–water partition coefficient (Wildman–Crippen LogP) is 3.80. The second kappa shape index (κ2) is 5.62. The number of rotatable bonds is 5. The molecule has 0 radical (unpaired) electrons. The number of nitrogen functional groups attached to an aromatic ring is 1. The van der Waals surface area contributed by atoms with Gasteiger partial charge in [-0.25, -0.2) is 9.50 Å². The molecule has 2 aromatic heterocycles. The summed E-state index contributed by atoms with van der Waals surface area (Å²) in [5.41, 5.74) is 8.43. The van der Waals surface area contributed by atoms with Crippen LogP contribution in [-0.2, 0) is 0 Å². The number of fused-ring (bicyclic) bond motifs is 1. The zero-order valence-corrected chi connectivity index (χ0v) is 13.4. The third kappa shape index (κ3) is 3.17. The number of hydrogen-bond donors (Lipinski definition) is 2. The lowest BCUT2D eigenvalue weighted by Crippen LogP contribution is -1.99. The van der Waals surface area contributed by atoms with Crippen molar-refractivity contribution in [1.29, 1.82) is 0 Å². The van der Waals surface area contributed by atoms with Gasteiger partial charge in [0.1, 0.15) is 5.03 Å². The number of hydrogen-bond acceptors (Lipinski definition) is 5. The Balaban J connectivity index is 1.56. The van der Waals surface area contributed by atoms with E-state index in [2.05, 4.69) is 22.0 Å². The average Bonchev–Trinajstić information content (AvgIpc) is 3.29. The molecule has 3 N–H and O–H groups in total. The number of nitrogens with two attached hydrogens (primary N) is 1. The molecule has 0 spiro atoms. The van der Waals surface area contributed by atoms with Gasteiger partial charge in [-0.15, -0.1) is 0 Å². The molecule has 0 bridgehead atoms. The van der Waals surface area contributed by atoms with E-state index in [0.717, 1.165) is 32.8 Å². The highest BCUT2D eigenvalue weighted by Crippen LogP contribution is 2.35. The second-order valence-electron chi connectivity index (χ2n) is 5.70. The molecule has 1 aliphatic carbocycles. The number of benzene rings is 1. The maximum atomic E-state index is 5.82. The Morgan fingerprint density at radius 3 is 2.96 bits per heavy atom. The van der Waals surface area contributed by atoms with Crippen molar-refractivity contribution in [3.63, 3.8) is 0 Å². The van der Waals surface area contributed by atoms with Gasteiger partial charge < -0.3 is 11.1 Å². The van der Waals surface area contributed by atoms with Crippen LogP contribution in [0.15, 0.2) is 64.8 Å². The Labute approximate surface area is 138 Å². The molecule has 0 unspecified atom stereocenters. The summed E-state index contributed by atoms with van der Waals surface area (Å²) >= 11 is 1.58. The topological polar surface area (TPSA) is 68.2 Å². The van der Waals surface area contributed by atoms with Crippen molar-refractivity contribution < 1.29 is 0 Å². The summed E-state index contributed by atoms with van der Waals surface area (Å²) in [5.74, 6) is 1.39. The molecule has 6 heteroatoms. The van der Waals surface area contributed by atoms with E-state index in [1.54, 1.807) is 16.3 Å². The fourth-order valence-electron chi connectivity index (χ4n) is 2.38. The molecule has 4 rings (SSSR count). The summed E-state index contributed by atoms with van der Waals surface area (Å²) < 4.78 is 1.79. The minimum Gasteiger partial charge on any atom is -0.399 e. The van der Waals surface area contributed by atoms with Crippen molar-refractivity contribution in [3.05, 3.63) is 54.9 Å². The van der Waals surface area contributed by atoms with Gasteiger partial charge in [0, 0.05) is 16.3 Å². The van der Waals surface area contributed by atoms with Crippen LogP contribution in [0, 0.1) is 5.92 Å². The molecule has 1 fully saturated rings. The monoisotopic (exact) mass is 323 g/mol. The largest absolute Gasteiger partial charge is 0.399 e. The lowest BCUT2D eigenvalue weighted by molar-refractivity contribution is 0.859. The van der Waals surface area contributed by atoms with Crippen LogP contribution in [0.1, 0.15) is 12.8 Å². The highest BCUT2D eigenvalue weighted by Gasteiger charge is 2.25. The summed E-state index contributed by atoms with van der Waals surface area (Å²) in [5, 5.41) is 8.77. The molecule has 5 nitrogen and oxygen atoms in total. The first-order chi connectivity index (χ1) is 11.2. The van der Waals surface area contributed by atoms with E-state index < -0.39 is 0 Å². The van der Waals surface area contributed by atoms with Crippen molar-refractivity contribution >= 4 is 28.9 Å². The van der Waals surface area contributed by atoms with Gasteiger partial charge in [-0.2, -0.15) is 5.10 Å². The Morgan fingerprint density at radius 1 is 1.30 bits per heavy atom. The van der Waals surface area contributed by atoms with E-state index in [1.165, 1.54) is 12.8 Å². The fraction of sp³-hybridized carbons (Fsp3) is 0.176. The molecule has 2 heterocycles. The SMILES string of the molecule is C=C(Nc1cn2nc(Sc3cccc(N)c3)ccc2n1)C1CC1. The van der Waals surface area contributed by atoms with Gasteiger partial charge >= 0.3 is 0 Å². The van der Waals surface area contributed by atoms with Crippen LogP contribution in [0.3, 0.4) is 0 Å². The first-order valence-electron chi connectivity index (χ1n) is 7.53. The Bertz CT molecular complexity index is 882. The molecular formula is C17H17N5S. The number of allylic oxidation sites excluding steroid dienone is 1. The van der Waals surface area contributed by atoms with E-state index in [4.69, 9.17) is 5.73 Å². The number of imidazole rings is 1. The van der Waals surface area contributed by atoms with E-state index >= 15 is 0 Å². The van der Waals surface area contributed by atoms with Crippen LogP contribution >= 0.6 is 11.8 Å². The van der Waals surface area contributed by atoms with Gasteiger partial charge in [0.25, 0.3) is 0 Å². The van der Waals surface area contributed by atoms with Gasteiger partial charge in [0.2, 0.25) is 0 Å². The summed E-state index contributed by atoms with van der Waals surface area (Å²) in [7, 11) is 0. The molecule has 23 heavy (non-hydrogen) atoms. The maximum Gasteiger partial charge on any atom is 0.156 e. The third-order valence-electron chi connectivity index (χ3n) is 3.73. The number of aromatic nitrogens is 3. The predicted molar refractivity (Wildman–Crippen MR) is 93.5 cm³/mol. The number of anilines is 2. The van der Waals surface area contributed by atoms with E-state index in [9.17, 15) is 0 Å². The summed E-state index contributed by atoms with van der Waals surface area (Å²) in [6.07, 6.45) is 4.34. The van der Waals surface area contributed by atoms with E-state index in [1.807, 2.05) is 42.6 Å². The van der Waals surface area contributed by atoms with Crippen molar-refractivity contribution in [2.75, 3.05) is 11.1 Å². The highest BCUT2D eigenvalue weighted by atomic mass is 32.2. The van der Waals surface area contributed by atoms with Crippen LogP contribution in [-0.4, -0.2) is 14.6 Å². The van der Waals surface area contributed by atoms with Crippen molar-refractivity contribution in [3.8, 4) is 0 Å². The van der Waals surface area contributed by atoms with Gasteiger partial charge in [-0.1, -0.05) is 24.4 Å². The minimum absolute atomic E-state index is 0.599. The first-order valence-corrected chi connectivity index (χ1v) is 8.35. The molecule has 0 atom stereocenters. The summed E-state index contributed by atoms with van der Waals surface area (Å²) in [6, 6.07) is 11.7. The van der Waals surface area contributed by atoms with Crippen LogP contribution in [0.25, 0.3) is 5.65 Å². The number of nitrogens with one attached hydrogen (secondary N) is 1. The smallest absolute Gasteiger partial charge is 0.156 e. The van der Waals surface area contributed by atoms with E-state index in [0.29, 0.717) is 5.92 Å². The normalized spacial score (nSPS) is 14.1. The Kier molecular flexibility index (Phi) is 3.46. The van der Waals surface area contributed by atoms with Crippen LogP contribution in [0.4, 0.5) is 11.5 Å². The van der Waals surface area contributed by atoms with Crippen molar-refractivity contribution in [2.45, 2.75) is 22.8 Å². The third-order valence-corrected chi connectivity index (χ3v) is 4.65. The molecule has 0 amide bonds. The standard InChI is InChI=1S/C17H17N5S/c1-11(12-5-6-12)19-15-10-22-16(20-15)7-8-17(21-22)23-14-4-2-3-13(18)9-14/h2-4,7-10,12,19H,1,5-6,18H2. The van der Waals surface area contributed by atoms with E-state index in [-0.39, 0.29) is 0 Å². The van der Waals surface area contributed by atoms with Crippen LogP contribution in [0.2, 0.25) is 0 Å². The molecule has 1 aliphatic rings. The molecule has 1 saturated carbocycles. The zero-order valence-electron chi connectivity index (χ0n) is 12.6. The molecule has 1 aromatic carbocycles. The minimum atomic E-state index is 0.599. The van der Waals surface area contributed by atoms with Gasteiger partial charge in [0.05, 0.1) is 6.20 Å². The first kappa shape index (κ1) is 14.1. The molecule has 116 valence electrons. The van der Waals surface area contributed by atoms with Crippen LogP contribution in [0.5, 0.6) is 0 Å². The average molecular weight is 323 g/mol. The lowest BCUT2D eigenvalue weighted by atomic mass is 10.3. The van der Waals surface area contributed by atoms with Crippen LogP contribution < -0.4 is 11.1 Å². The number of nitrogens with zero attached hydrogens (tertiary/aromatic N) is 3. The summed E-state index contributed by atoms with van der Waals surface area (Å²) in [6.45, 7) is 4.07. The fourth-order valence-corrected chi connectivity index (χ4v) is 3.22. The zero-order chi connectivity index (χ0) is 15.8. The van der Waals surface area contributed by atoms with Gasteiger partial charge in [-0.05, 0) is 49.1 Å². The molecule has 3 aromatic rings. The molecule has 0 aliphatic heterocycles. The summed E-state index contributed by atoms with van der Waals surface area (Å²) in [4.78, 5) is 5.59. The van der Waals surface area contributed by atoms with Gasteiger partial charge in [-0.3, -0.25) is 0 Å². The lowest BCUT2D eigenvalue weighted by Gasteiger charge is -2.03. The second-order valence-corrected chi connectivity index (χ2v) is 6.79. The molecular weight excluding hydrogens is 306 g/mol. The Morgan fingerprint density at radius 2 is 2.17 bits per heavy atom. The van der Waals surface area contributed by atoms with Crippen molar-refractivity contribution in [1.82, 2.24) is 14.6 Å². The highest BCUT2D eigenvalue weighted by molar-refractivity contribution is 7.99. The Hall–Kier alpha value is -2.47. The van der Waals surface area contributed by atoms with Crippen molar-refractivity contribution in [2.24, 2.45) is 5.92 Å². The molecule has 0 saturated heterocycles. The van der Waals surface area contributed by atoms with Gasteiger partial charge in [0.15, 0.2) is 11.5 Å². The quantitative estimate of drug-likeness (QED) is 0.699.